The molecule has 0 fully saturated rings. The molecule has 14 heavy (non-hydrogen) atoms. The van der Waals surface area contributed by atoms with Crippen molar-refractivity contribution in [1.29, 1.82) is 0 Å². The van der Waals surface area contributed by atoms with Crippen LogP contribution in [0.3, 0.4) is 0 Å². The quantitative estimate of drug-likeness (QED) is 0.779. The molecule has 1 aromatic rings. The zero-order chi connectivity index (χ0) is 10.6. The van der Waals surface area contributed by atoms with E-state index in [4.69, 9.17) is 11.6 Å². The maximum absolute atomic E-state index is 11.2. The van der Waals surface area contributed by atoms with E-state index in [2.05, 4.69) is 10.1 Å². The third kappa shape index (κ3) is 2.47. The fourth-order valence-electron chi connectivity index (χ4n) is 1.15. The van der Waals surface area contributed by atoms with Crippen LogP contribution in [0.25, 0.3) is 0 Å². The Morgan fingerprint density at radius 1 is 1.57 bits per heavy atom. The van der Waals surface area contributed by atoms with Crippen molar-refractivity contribution >= 4 is 17.6 Å². The van der Waals surface area contributed by atoms with Crippen LogP contribution in [0.5, 0.6) is 0 Å². The summed E-state index contributed by atoms with van der Waals surface area (Å²) in [6.07, 6.45) is 0. The van der Waals surface area contributed by atoms with Gasteiger partial charge in [-0.15, -0.1) is 0 Å². The van der Waals surface area contributed by atoms with Gasteiger partial charge in [-0.1, -0.05) is 17.7 Å². The molecule has 0 aliphatic heterocycles. The summed E-state index contributed by atoms with van der Waals surface area (Å²) in [6, 6.07) is 5.26. The maximum Gasteiger partial charge on any atom is 0.339 e. The highest BCUT2D eigenvalue weighted by molar-refractivity contribution is 6.33. The van der Waals surface area contributed by atoms with E-state index in [9.17, 15) is 4.79 Å². The van der Waals surface area contributed by atoms with Crippen LogP contribution in [-0.2, 0) is 11.3 Å². The van der Waals surface area contributed by atoms with Crippen LogP contribution in [0.1, 0.15) is 15.9 Å². The number of hydrogen-bond acceptors (Lipinski definition) is 3. The number of carbonyl (C=O) groups is 1. The van der Waals surface area contributed by atoms with Crippen molar-refractivity contribution in [2.75, 3.05) is 14.2 Å². The molecule has 0 aromatic heterocycles. The van der Waals surface area contributed by atoms with Crippen molar-refractivity contribution in [2.24, 2.45) is 0 Å². The maximum atomic E-state index is 11.2. The van der Waals surface area contributed by atoms with Gasteiger partial charge in [0.2, 0.25) is 0 Å². The number of methoxy groups -OCH3 is 1. The Hall–Kier alpha value is -1.06. The van der Waals surface area contributed by atoms with E-state index >= 15 is 0 Å². The minimum Gasteiger partial charge on any atom is -0.465 e. The fraction of sp³-hybridized carbons (Fsp3) is 0.300. The topological polar surface area (TPSA) is 38.3 Å². The Morgan fingerprint density at radius 3 is 2.79 bits per heavy atom. The lowest BCUT2D eigenvalue weighted by molar-refractivity contribution is 0.0601. The Morgan fingerprint density at radius 2 is 2.29 bits per heavy atom. The molecule has 1 aromatic carbocycles. The Labute approximate surface area is 88.0 Å². The molecular formula is C10H12ClNO2. The van der Waals surface area contributed by atoms with Crippen LogP contribution in [0.2, 0.25) is 5.02 Å². The minimum absolute atomic E-state index is 0.397. The summed E-state index contributed by atoms with van der Waals surface area (Å²) in [6.45, 7) is 0.723. The normalized spacial score (nSPS) is 9.93. The zero-order valence-corrected chi connectivity index (χ0v) is 8.89. The molecule has 1 N–H and O–H groups in total. The molecule has 0 atom stereocenters. The second-order valence-electron chi connectivity index (χ2n) is 2.84. The predicted octanol–water partition coefficient (Wildman–Crippen LogP) is 1.85. The average Bonchev–Trinajstić information content (AvgIpc) is 2.17. The molecule has 0 radical (unpaired) electrons. The minimum atomic E-state index is -0.411. The summed E-state index contributed by atoms with van der Waals surface area (Å²) in [7, 11) is 3.18. The highest BCUT2D eigenvalue weighted by Crippen LogP contribution is 2.18. The van der Waals surface area contributed by atoms with Crippen molar-refractivity contribution in [3.8, 4) is 0 Å². The Balaban J connectivity index is 2.95. The lowest BCUT2D eigenvalue weighted by Gasteiger charge is -2.04. The molecule has 0 heterocycles. The van der Waals surface area contributed by atoms with Crippen molar-refractivity contribution in [2.45, 2.75) is 6.54 Å². The number of esters is 1. The highest BCUT2D eigenvalue weighted by atomic mass is 35.5. The molecule has 0 saturated carbocycles. The van der Waals surface area contributed by atoms with Gasteiger partial charge in [0.25, 0.3) is 0 Å². The van der Waals surface area contributed by atoms with Crippen LogP contribution in [-0.4, -0.2) is 20.1 Å². The Bertz CT molecular complexity index is 339. The van der Waals surface area contributed by atoms with E-state index in [0.717, 1.165) is 12.1 Å². The molecule has 4 heteroatoms. The van der Waals surface area contributed by atoms with Gasteiger partial charge in [-0.2, -0.15) is 0 Å². The first-order valence-corrected chi connectivity index (χ1v) is 4.58. The van der Waals surface area contributed by atoms with Gasteiger partial charge in [0, 0.05) is 6.54 Å². The molecule has 0 bridgehead atoms. The van der Waals surface area contributed by atoms with Gasteiger partial charge >= 0.3 is 5.97 Å². The van der Waals surface area contributed by atoms with Gasteiger partial charge in [0.1, 0.15) is 0 Å². The van der Waals surface area contributed by atoms with E-state index in [0.29, 0.717) is 10.6 Å². The van der Waals surface area contributed by atoms with Crippen LogP contribution < -0.4 is 5.32 Å². The summed E-state index contributed by atoms with van der Waals surface area (Å²) >= 11 is 5.91. The fourth-order valence-corrected chi connectivity index (χ4v) is 1.43. The predicted molar refractivity (Wildman–Crippen MR) is 55.6 cm³/mol. The van der Waals surface area contributed by atoms with Gasteiger partial charge in [-0.05, 0) is 24.7 Å². The van der Waals surface area contributed by atoms with Crippen LogP contribution in [0, 0.1) is 0 Å². The largest absolute Gasteiger partial charge is 0.465 e. The third-order valence-corrected chi connectivity index (χ3v) is 2.13. The summed E-state index contributed by atoms with van der Waals surface area (Å²) in [5.41, 5.74) is 1.43. The molecular weight excluding hydrogens is 202 g/mol. The second kappa shape index (κ2) is 4.98. The van der Waals surface area contributed by atoms with E-state index in [1.54, 1.807) is 12.1 Å². The monoisotopic (exact) mass is 213 g/mol. The molecule has 0 amide bonds. The number of hydrogen-bond donors (Lipinski definition) is 1. The van der Waals surface area contributed by atoms with Crippen molar-refractivity contribution < 1.29 is 9.53 Å². The van der Waals surface area contributed by atoms with Crippen molar-refractivity contribution in [3.63, 3.8) is 0 Å². The molecule has 76 valence electrons. The highest BCUT2D eigenvalue weighted by Gasteiger charge is 2.10. The second-order valence-corrected chi connectivity index (χ2v) is 3.24. The van der Waals surface area contributed by atoms with Gasteiger partial charge in [-0.25, -0.2) is 4.79 Å². The lowest BCUT2D eigenvalue weighted by Crippen LogP contribution is -2.07. The SMILES string of the molecule is CNCc1ccc(C(=O)OC)c(Cl)c1. The molecule has 0 unspecified atom stereocenters. The smallest absolute Gasteiger partial charge is 0.339 e. The van der Waals surface area contributed by atoms with E-state index < -0.39 is 5.97 Å². The first kappa shape index (κ1) is 11.0. The average molecular weight is 214 g/mol. The van der Waals surface area contributed by atoms with E-state index in [-0.39, 0.29) is 0 Å². The molecule has 0 aliphatic rings. The van der Waals surface area contributed by atoms with Crippen LogP contribution in [0.4, 0.5) is 0 Å². The number of halogens is 1. The summed E-state index contributed by atoms with van der Waals surface area (Å²) < 4.78 is 4.58. The molecule has 0 saturated heterocycles. The van der Waals surface area contributed by atoms with Crippen LogP contribution in [0.15, 0.2) is 18.2 Å². The summed E-state index contributed by atoms with van der Waals surface area (Å²) in [4.78, 5) is 11.2. The van der Waals surface area contributed by atoms with Gasteiger partial charge in [-0.3, -0.25) is 0 Å². The molecule has 1 rings (SSSR count). The van der Waals surface area contributed by atoms with Gasteiger partial charge in [0.05, 0.1) is 17.7 Å². The Kier molecular flexibility index (Phi) is 3.92. The number of benzene rings is 1. The number of carbonyl (C=O) groups excluding carboxylic acids is 1. The van der Waals surface area contributed by atoms with Gasteiger partial charge in [0.15, 0.2) is 0 Å². The first-order chi connectivity index (χ1) is 6.69. The first-order valence-electron chi connectivity index (χ1n) is 4.20. The van der Waals surface area contributed by atoms with E-state index in [1.165, 1.54) is 7.11 Å². The number of ether oxygens (including phenoxy) is 1. The standard InChI is InChI=1S/C10H12ClNO2/c1-12-6-7-3-4-8(9(11)5-7)10(13)14-2/h3-5,12H,6H2,1-2H3. The lowest BCUT2D eigenvalue weighted by atomic mass is 10.1. The number of nitrogens with one attached hydrogen (secondary N) is 1. The summed E-state index contributed by atoms with van der Waals surface area (Å²) in [5.74, 6) is -0.411. The molecule has 3 nitrogen and oxygen atoms in total. The van der Waals surface area contributed by atoms with E-state index in [1.807, 2.05) is 13.1 Å². The third-order valence-electron chi connectivity index (χ3n) is 1.82. The van der Waals surface area contributed by atoms with Gasteiger partial charge < -0.3 is 10.1 Å². The molecule has 0 aliphatic carbocycles. The number of rotatable bonds is 3. The summed E-state index contributed by atoms with van der Waals surface area (Å²) in [5, 5.41) is 3.42. The molecule has 0 spiro atoms. The van der Waals surface area contributed by atoms with Crippen molar-refractivity contribution in [1.82, 2.24) is 5.32 Å². The van der Waals surface area contributed by atoms with Crippen LogP contribution >= 0.6 is 11.6 Å². The zero-order valence-electron chi connectivity index (χ0n) is 8.13. The van der Waals surface area contributed by atoms with Crippen molar-refractivity contribution in [3.05, 3.63) is 34.3 Å².